The van der Waals surface area contributed by atoms with Gasteiger partial charge in [-0.05, 0) is 31.5 Å². The molecule has 0 saturated carbocycles. The van der Waals surface area contributed by atoms with E-state index in [1.165, 1.54) is 4.31 Å². The predicted molar refractivity (Wildman–Crippen MR) is 92.0 cm³/mol. The van der Waals surface area contributed by atoms with Crippen molar-refractivity contribution in [1.29, 1.82) is 0 Å². The summed E-state index contributed by atoms with van der Waals surface area (Å²) in [5, 5.41) is 5.91. The topological polar surface area (TPSA) is 78.5 Å². The fourth-order valence-corrected chi connectivity index (χ4v) is 3.40. The van der Waals surface area contributed by atoms with Gasteiger partial charge < -0.3 is 10.6 Å². The van der Waals surface area contributed by atoms with Crippen molar-refractivity contribution >= 4 is 28.3 Å². The molecule has 1 aliphatic heterocycles. The Kier molecular flexibility index (Phi) is 7.01. The van der Waals surface area contributed by atoms with Gasteiger partial charge in [0.25, 0.3) is 0 Å². The third-order valence-electron chi connectivity index (χ3n) is 3.95. The van der Waals surface area contributed by atoms with Gasteiger partial charge in [-0.3, -0.25) is 4.79 Å². The van der Waals surface area contributed by atoms with E-state index < -0.39 is 10.0 Å². The van der Waals surface area contributed by atoms with Crippen molar-refractivity contribution in [2.45, 2.75) is 31.3 Å². The molecule has 1 amide bonds. The first-order valence-electron chi connectivity index (χ1n) is 7.38. The highest BCUT2D eigenvalue weighted by Gasteiger charge is 2.25. The van der Waals surface area contributed by atoms with Gasteiger partial charge in [0.2, 0.25) is 15.9 Å². The fourth-order valence-electron chi connectivity index (χ4n) is 2.03. The summed E-state index contributed by atoms with van der Waals surface area (Å²) in [6.07, 6.45) is 0. The van der Waals surface area contributed by atoms with Crippen LogP contribution in [-0.2, 0) is 21.4 Å². The smallest absolute Gasteiger partial charge is 0.243 e. The molecule has 1 aromatic rings. The maximum absolute atomic E-state index is 12.3. The van der Waals surface area contributed by atoms with Crippen molar-refractivity contribution in [3.05, 3.63) is 29.8 Å². The first kappa shape index (κ1) is 19.9. The first-order valence-corrected chi connectivity index (χ1v) is 8.82. The number of nitrogens with zero attached hydrogens (tertiary/aromatic N) is 1. The summed E-state index contributed by atoms with van der Waals surface area (Å²) in [5.41, 5.74) is 0.881. The molecule has 0 spiro atoms. The van der Waals surface area contributed by atoms with E-state index in [-0.39, 0.29) is 35.2 Å². The summed E-state index contributed by atoms with van der Waals surface area (Å²) in [4.78, 5) is 12.0. The molecular formula is C15H24ClN3O3S. The highest BCUT2D eigenvalue weighted by atomic mass is 35.5. The molecule has 0 bridgehead atoms. The van der Waals surface area contributed by atoms with Gasteiger partial charge >= 0.3 is 0 Å². The molecule has 2 N–H and O–H groups in total. The van der Waals surface area contributed by atoms with Crippen LogP contribution in [-0.4, -0.2) is 44.8 Å². The quantitative estimate of drug-likeness (QED) is 0.791. The lowest BCUT2D eigenvalue weighted by atomic mass is 10.0. The van der Waals surface area contributed by atoms with Gasteiger partial charge in [0.1, 0.15) is 0 Å². The van der Waals surface area contributed by atoms with Crippen molar-refractivity contribution in [3.63, 3.8) is 0 Å². The minimum Gasteiger partial charge on any atom is -0.352 e. The van der Waals surface area contributed by atoms with Gasteiger partial charge in [0, 0.05) is 32.7 Å². The van der Waals surface area contributed by atoms with Gasteiger partial charge in [-0.1, -0.05) is 12.1 Å². The van der Waals surface area contributed by atoms with Crippen LogP contribution >= 0.6 is 12.4 Å². The van der Waals surface area contributed by atoms with E-state index in [1.54, 1.807) is 31.3 Å². The second kappa shape index (κ2) is 8.10. The maximum Gasteiger partial charge on any atom is 0.243 e. The molecule has 2 rings (SSSR count). The average Bonchev–Trinajstić information content (AvgIpc) is 2.42. The average molecular weight is 362 g/mol. The van der Waals surface area contributed by atoms with Gasteiger partial charge in [-0.25, -0.2) is 8.42 Å². The lowest BCUT2D eigenvalue weighted by molar-refractivity contribution is -0.126. The van der Waals surface area contributed by atoms with Crippen LogP contribution in [0.5, 0.6) is 0 Å². The Balaban J connectivity index is 0.00000264. The van der Waals surface area contributed by atoms with E-state index in [9.17, 15) is 13.2 Å². The Morgan fingerprint density at radius 3 is 2.30 bits per heavy atom. The van der Waals surface area contributed by atoms with E-state index in [2.05, 4.69) is 10.6 Å². The maximum atomic E-state index is 12.3. The van der Waals surface area contributed by atoms with Crippen LogP contribution in [0.4, 0.5) is 0 Å². The van der Waals surface area contributed by atoms with Crippen LogP contribution in [0.3, 0.4) is 0 Å². The van der Waals surface area contributed by atoms with Crippen molar-refractivity contribution in [2.75, 3.05) is 20.1 Å². The van der Waals surface area contributed by atoms with Gasteiger partial charge in [-0.15, -0.1) is 12.4 Å². The largest absolute Gasteiger partial charge is 0.352 e. The van der Waals surface area contributed by atoms with Gasteiger partial charge in [0.15, 0.2) is 0 Å². The molecule has 130 valence electrons. The van der Waals surface area contributed by atoms with Crippen LogP contribution in [0.15, 0.2) is 29.2 Å². The van der Waals surface area contributed by atoms with Gasteiger partial charge in [-0.2, -0.15) is 4.31 Å². The molecule has 0 aliphatic carbocycles. The van der Waals surface area contributed by atoms with E-state index in [4.69, 9.17) is 0 Å². The summed E-state index contributed by atoms with van der Waals surface area (Å²) in [6, 6.07) is 6.54. The molecule has 1 fully saturated rings. The van der Waals surface area contributed by atoms with Crippen molar-refractivity contribution in [2.24, 2.45) is 5.92 Å². The Morgan fingerprint density at radius 1 is 1.30 bits per heavy atom. The fraction of sp³-hybridized carbons (Fsp3) is 0.533. The van der Waals surface area contributed by atoms with Gasteiger partial charge in [0.05, 0.1) is 10.8 Å². The monoisotopic (exact) mass is 361 g/mol. The number of sulfonamides is 1. The summed E-state index contributed by atoms with van der Waals surface area (Å²) in [7, 11) is -1.89. The lowest BCUT2D eigenvalue weighted by Crippen LogP contribution is -2.50. The minimum absolute atomic E-state index is 0. The Morgan fingerprint density at radius 2 is 1.87 bits per heavy atom. The standard InChI is InChI=1S/C15H23N3O3S.ClH/c1-11(2)18(3)22(20,21)14-6-4-12(5-7-14)8-17-15(19)13-9-16-10-13;/h4-7,11,13,16H,8-10H2,1-3H3,(H,17,19);1H. The molecule has 1 aliphatic rings. The van der Waals surface area contributed by atoms with Crippen LogP contribution < -0.4 is 10.6 Å². The van der Waals surface area contributed by atoms with Crippen molar-refractivity contribution in [1.82, 2.24) is 14.9 Å². The Hall–Kier alpha value is -1.15. The zero-order valence-electron chi connectivity index (χ0n) is 13.6. The third kappa shape index (κ3) is 4.67. The number of amides is 1. The predicted octanol–water partition coefficient (Wildman–Crippen LogP) is 0.973. The first-order chi connectivity index (χ1) is 10.3. The molecule has 6 nitrogen and oxygen atoms in total. The highest BCUT2D eigenvalue weighted by Crippen LogP contribution is 2.17. The minimum atomic E-state index is -3.46. The summed E-state index contributed by atoms with van der Waals surface area (Å²) >= 11 is 0. The molecular weight excluding hydrogens is 338 g/mol. The molecule has 0 atom stereocenters. The number of carbonyl (C=O) groups excluding carboxylic acids is 1. The molecule has 0 unspecified atom stereocenters. The second-order valence-corrected chi connectivity index (χ2v) is 7.83. The summed E-state index contributed by atoms with van der Waals surface area (Å²) < 4.78 is 26.0. The molecule has 1 saturated heterocycles. The lowest BCUT2D eigenvalue weighted by Gasteiger charge is -2.25. The van der Waals surface area contributed by atoms with E-state index in [1.807, 2.05) is 13.8 Å². The van der Waals surface area contributed by atoms with Crippen LogP contribution in [0, 0.1) is 5.92 Å². The number of benzene rings is 1. The third-order valence-corrected chi connectivity index (χ3v) is 5.99. The molecule has 8 heteroatoms. The molecule has 1 aromatic carbocycles. The highest BCUT2D eigenvalue weighted by molar-refractivity contribution is 7.89. The Bertz CT molecular complexity index is 628. The second-order valence-electron chi connectivity index (χ2n) is 5.83. The van der Waals surface area contributed by atoms with Crippen LogP contribution in [0.1, 0.15) is 19.4 Å². The molecule has 1 heterocycles. The zero-order chi connectivity index (χ0) is 16.3. The van der Waals surface area contributed by atoms with Crippen molar-refractivity contribution in [3.8, 4) is 0 Å². The van der Waals surface area contributed by atoms with E-state index >= 15 is 0 Å². The number of carbonyl (C=O) groups is 1. The number of hydrogen-bond acceptors (Lipinski definition) is 4. The van der Waals surface area contributed by atoms with Crippen LogP contribution in [0.25, 0.3) is 0 Å². The number of nitrogens with one attached hydrogen (secondary N) is 2. The van der Waals surface area contributed by atoms with Crippen molar-refractivity contribution < 1.29 is 13.2 Å². The van der Waals surface area contributed by atoms with E-state index in [0.29, 0.717) is 6.54 Å². The molecule has 23 heavy (non-hydrogen) atoms. The molecule has 0 aromatic heterocycles. The summed E-state index contributed by atoms with van der Waals surface area (Å²) in [5.74, 6) is 0.0920. The normalized spacial score (nSPS) is 15.2. The number of hydrogen-bond donors (Lipinski definition) is 2. The SMILES string of the molecule is CC(C)N(C)S(=O)(=O)c1ccc(CNC(=O)C2CNC2)cc1.Cl. The Labute approximate surface area is 144 Å². The zero-order valence-corrected chi connectivity index (χ0v) is 15.2. The molecule has 0 radical (unpaired) electrons. The van der Waals surface area contributed by atoms with Crippen LogP contribution in [0.2, 0.25) is 0 Å². The van der Waals surface area contributed by atoms with E-state index in [0.717, 1.165) is 18.7 Å². The number of rotatable bonds is 6. The number of halogens is 1. The summed E-state index contributed by atoms with van der Waals surface area (Å²) in [6.45, 7) is 5.53.